The van der Waals surface area contributed by atoms with Crippen LogP contribution in [-0.2, 0) is 0 Å². The first-order valence-corrected chi connectivity index (χ1v) is 4.06. The minimum Gasteiger partial charge on any atom is -0.392 e. The Balaban J connectivity index is 2.76. The Hall–Kier alpha value is -0.560. The van der Waals surface area contributed by atoms with Crippen LogP contribution in [0.4, 0.5) is 0 Å². The zero-order valence-electron chi connectivity index (χ0n) is 7.30. The number of aliphatic hydroxyl groups is 1. The number of hydrogen-bond acceptors (Lipinski definition) is 1. The predicted octanol–water partition coefficient (Wildman–Crippen LogP) is 2.28. The average Bonchev–Trinajstić information content (AvgIpc) is 1.95. The minimum atomic E-state index is -0.189. The maximum atomic E-state index is 9.57. The van der Waals surface area contributed by atoms with Gasteiger partial charge in [-0.25, -0.2) is 0 Å². The molecular formula is C10H16O. The summed E-state index contributed by atoms with van der Waals surface area (Å²) < 4.78 is 0. The van der Waals surface area contributed by atoms with Crippen LogP contribution in [0.2, 0.25) is 0 Å². The van der Waals surface area contributed by atoms with E-state index in [1.807, 2.05) is 6.08 Å². The molecule has 0 aliphatic heterocycles. The molecule has 0 fully saturated rings. The normalized spacial score (nSPS) is 29.4. The highest BCUT2D eigenvalue weighted by Crippen LogP contribution is 2.35. The molecule has 62 valence electrons. The molecule has 0 radical (unpaired) electrons. The maximum absolute atomic E-state index is 9.57. The molecule has 1 unspecified atom stereocenters. The number of rotatable bonds is 1. The van der Waals surface area contributed by atoms with Crippen LogP contribution >= 0.6 is 0 Å². The van der Waals surface area contributed by atoms with Crippen LogP contribution < -0.4 is 0 Å². The van der Waals surface area contributed by atoms with Crippen LogP contribution in [0.5, 0.6) is 0 Å². The first-order chi connectivity index (χ1) is 5.06. The van der Waals surface area contributed by atoms with E-state index >= 15 is 0 Å². The van der Waals surface area contributed by atoms with Crippen LogP contribution in [0, 0.1) is 5.41 Å². The van der Waals surface area contributed by atoms with E-state index in [2.05, 4.69) is 26.5 Å². The van der Waals surface area contributed by atoms with Crippen molar-refractivity contribution in [2.45, 2.75) is 32.8 Å². The lowest BCUT2D eigenvalue weighted by atomic mass is 9.75. The summed E-state index contributed by atoms with van der Waals surface area (Å²) in [6.45, 7) is 7.91. The molecule has 1 N–H and O–H groups in total. The lowest BCUT2D eigenvalue weighted by Crippen LogP contribution is -2.31. The van der Waals surface area contributed by atoms with Crippen molar-refractivity contribution in [3.63, 3.8) is 0 Å². The molecule has 1 heteroatoms. The molecule has 0 aromatic rings. The Morgan fingerprint density at radius 2 is 2.36 bits per heavy atom. The van der Waals surface area contributed by atoms with Gasteiger partial charge in [-0.3, -0.25) is 0 Å². The van der Waals surface area contributed by atoms with Crippen molar-refractivity contribution in [1.29, 1.82) is 0 Å². The zero-order chi connectivity index (χ0) is 8.48. The highest BCUT2D eigenvalue weighted by Gasteiger charge is 2.30. The number of allylic oxidation sites excluding steroid dienone is 2. The highest BCUT2D eigenvalue weighted by atomic mass is 16.3. The third kappa shape index (κ3) is 1.72. The van der Waals surface area contributed by atoms with Crippen molar-refractivity contribution in [3.8, 4) is 0 Å². The summed E-state index contributed by atoms with van der Waals surface area (Å²) >= 11 is 0. The molecule has 0 heterocycles. The van der Waals surface area contributed by atoms with Gasteiger partial charge in [-0.15, -0.1) is 0 Å². The fourth-order valence-corrected chi connectivity index (χ4v) is 1.45. The quantitative estimate of drug-likeness (QED) is 0.611. The molecule has 0 saturated carbocycles. The van der Waals surface area contributed by atoms with Crippen molar-refractivity contribution in [2.75, 3.05) is 0 Å². The SMILES string of the molecule is C=CC1=CCC(O)C(C)(C)C1. The van der Waals surface area contributed by atoms with Gasteiger partial charge in [0.15, 0.2) is 0 Å². The largest absolute Gasteiger partial charge is 0.392 e. The Bertz CT molecular complexity index is 189. The van der Waals surface area contributed by atoms with Crippen molar-refractivity contribution in [3.05, 3.63) is 24.3 Å². The summed E-state index contributed by atoms with van der Waals surface area (Å²) in [6.07, 6.45) is 5.48. The first-order valence-electron chi connectivity index (χ1n) is 4.06. The Kier molecular flexibility index (Phi) is 2.19. The van der Waals surface area contributed by atoms with E-state index in [-0.39, 0.29) is 11.5 Å². The van der Waals surface area contributed by atoms with E-state index in [1.54, 1.807) is 0 Å². The Morgan fingerprint density at radius 1 is 1.73 bits per heavy atom. The van der Waals surface area contributed by atoms with Crippen molar-refractivity contribution < 1.29 is 5.11 Å². The second-order valence-corrected chi connectivity index (χ2v) is 3.90. The highest BCUT2D eigenvalue weighted by molar-refractivity contribution is 5.21. The van der Waals surface area contributed by atoms with E-state index < -0.39 is 0 Å². The van der Waals surface area contributed by atoms with Gasteiger partial charge in [-0.2, -0.15) is 0 Å². The lowest BCUT2D eigenvalue weighted by Gasteiger charge is -2.34. The summed E-state index contributed by atoms with van der Waals surface area (Å²) in [5, 5.41) is 9.57. The molecule has 0 aromatic carbocycles. The van der Waals surface area contributed by atoms with Crippen LogP contribution in [-0.4, -0.2) is 11.2 Å². The van der Waals surface area contributed by atoms with E-state index in [0.717, 1.165) is 12.8 Å². The van der Waals surface area contributed by atoms with Gasteiger partial charge in [-0.1, -0.05) is 38.2 Å². The molecule has 1 rings (SSSR count). The standard InChI is InChI=1S/C10H16O/c1-4-8-5-6-9(11)10(2,3)7-8/h4-5,9,11H,1,6-7H2,2-3H3. The summed E-state index contributed by atoms with van der Waals surface area (Å²) in [5.74, 6) is 0. The van der Waals surface area contributed by atoms with Gasteiger partial charge in [0.25, 0.3) is 0 Å². The van der Waals surface area contributed by atoms with Crippen molar-refractivity contribution in [1.82, 2.24) is 0 Å². The van der Waals surface area contributed by atoms with Crippen molar-refractivity contribution >= 4 is 0 Å². The summed E-state index contributed by atoms with van der Waals surface area (Å²) in [5.41, 5.74) is 1.29. The molecule has 0 saturated heterocycles. The molecule has 1 nitrogen and oxygen atoms in total. The van der Waals surface area contributed by atoms with Crippen LogP contribution in [0.3, 0.4) is 0 Å². The summed E-state index contributed by atoms with van der Waals surface area (Å²) in [6, 6.07) is 0. The second-order valence-electron chi connectivity index (χ2n) is 3.90. The van der Waals surface area contributed by atoms with Gasteiger partial charge in [0.05, 0.1) is 6.10 Å². The van der Waals surface area contributed by atoms with Gasteiger partial charge in [0.2, 0.25) is 0 Å². The van der Waals surface area contributed by atoms with E-state index in [4.69, 9.17) is 0 Å². The summed E-state index contributed by atoms with van der Waals surface area (Å²) in [4.78, 5) is 0. The number of hydrogen-bond donors (Lipinski definition) is 1. The second kappa shape index (κ2) is 2.82. The predicted molar refractivity (Wildman–Crippen MR) is 47.3 cm³/mol. The van der Waals surface area contributed by atoms with E-state index in [0.29, 0.717) is 0 Å². The van der Waals surface area contributed by atoms with E-state index in [1.165, 1.54) is 5.57 Å². The van der Waals surface area contributed by atoms with Crippen molar-refractivity contribution in [2.24, 2.45) is 5.41 Å². The monoisotopic (exact) mass is 152 g/mol. The molecule has 0 spiro atoms. The van der Waals surface area contributed by atoms with Gasteiger partial charge in [0.1, 0.15) is 0 Å². The zero-order valence-corrected chi connectivity index (χ0v) is 7.30. The minimum absolute atomic E-state index is 0.0261. The molecule has 0 amide bonds. The Morgan fingerprint density at radius 3 is 2.82 bits per heavy atom. The third-order valence-corrected chi connectivity index (χ3v) is 2.43. The van der Waals surface area contributed by atoms with Gasteiger partial charge in [0, 0.05) is 0 Å². The van der Waals surface area contributed by atoms with Gasteiger partial charge in [-0.05, 0) is 18.3 Å². The molecule has 11 heavy (non-hydrogen) atoms. The summed E-state index contributed by atoms with van der Waals surface area (Å²) in [7, 11) is 0. The maximum Gasteiger partial charge on any atom is 0.0628 e. The fraction of sp³-hybridized carbons (Fsp3) is 0.600. The van der Waals surface area contributed by atoms with Crippen LogP contribution in [0.15, 0.2) is 24.3 Å². The molecule has 0 bridgehead atoms. The molecule has 1 atom stereocenters. The average molecular weight is 152 g/mol. The lowest BCUT2D eigenvalue weighted by molar-refractivity contribution is 0.0470. The topological polar surface area (TPSA) is 20.2 Å². The first kappa shape index (κ1) is 8.54. The Labute approximate surface area is 68.4 Å². The molecule has 1 aliphatic rings. The molecule has 0 aromatic heterocycles. The smallest absolute Gasteiger partial charge is 0.0628 e. The van der Waals surface area contributed by atoms with Crippen LogP contribution in [0.25, 0.3) is 0 Å². The number of aliphatic hydroxyl groups excluding tert-OH is 1. The van der Waals surface area contributed by atoms with E-state index in [9.17, 15) is 5.11 Å². The molecule has 1 aliphatic carbocycles. The fourth-order valence-electron chi connectivity index (χ4n) is 1.45. The van der Waals surface area contributed by atoms with Gasteiger partial charge >= 0.3 is 0 Å². The molecular weight excluding hydrogens is 136 g/mol. The van der Waals surface area contributed by atoms with Crippen LogP contribution in [0.1, 0.15) is 26.7 Å². The van der Waals surface area contributed by atoms with Gasteiger partial charge < -0.3 is 5.11 Å². The third-order valence-electron chi connectivity index (χ3n) is 2.43.